The fraction of sp³-hybridized carbons (Fsp3) is 0.0893. The van der Waals surface area contributed by atoms with Crippen LogP contribution in [0.25, 0.3) is 106 Å². The van der Waals surface area contributed by atoms with Crippen LogP contribution in [-0.4, -0.2) is 19.5 Å². The van der Waals surface area contributed by atoms with Crippen LogP contribution >= 0.6 is 0 Å². The molecule has 0 unspecified atom stereocenters. The molecule has 5 nitrogen and oxygen atoms in total. The van der Waals surface area contributed by atoms with Crippen molar-refractivity contribution in [3.05, 3.63) is 193 Å². The van der Waals surface area contributed by atoms with Crippen molar-refractivity contribution in [2.75, 3.05) is 0 Å². The maximum absolute atomic E-state index is 6.66. The van der Waals surface area contributed by atoms with Crippen molar-refractivity contribution in [2.24, 2.45) is 0 Å². The second-order valence-electron chi connectivity index (χ2n) is 16.7. The Hall–Kier alpha value is -7.63. The Labute approximate surface area is 352 Å². The number of hydrogen-bond donors (Lipinski definition) is 0. The summed E-state index contributed by atoms with van der Waals surface area (Å²) in [6, 6.07) is 64.9. The molecule has 0 bridgehead atoms. The van der Waals surface area contributed by atoms with Gasteiger partial charge in [0.25, 0.3) is 0 Å². The van der Waals surface area contributed by atoms with Gasteiger partial charge in [0.15, 0.2) is 17.5 Å². The van der Waals surface area contributed by atoms with Gasteiger partial charge in [-0.1, -0.05) is 152 Å². The molecule has 0 atom stereocenters. The summed E-state index contributed by atoms with van der Waals surface area (Å²) in [5.41, 5.74) is 15.9. The molecular formula is C56H38N4O. The minimum Gasteiger partial charge on any atom is -0.455 e. The number of para-hydroxylation sites is 2. The number of furan rings is 1. The van der Waals surface area contributed by atoms with Gasteiger partial charge in [-0.3, -0.25) is 0 Å². The summed E-state index contributed by atoms with van der Waals surface area (Å²) < 4.78 is 9.10. The molecule has 8 aromatic carbocycles. The maximum Gasteiger partial charge on any atom is 0.164 e. The summed E-state index contributed by atoms with van der Waals surface area (Å²) in [5, 5.41) is 4.66. The van der Waals surface area contributed by atoms with Crippen LogP contribution in [0.15, 0.2) is 186 Å². The van der Waals surface area contributed by atoms with E-state index in [1.165, 1.54) is 69.7 Å². The Morgan fingerprint density at radius 3 is 1.87 bits per heavy atom. The van der Waals surface area contributed by atoms with E-state index in [-0.39, 0.29) is 5.41 Å². The second kappa shape index (κ2) is 13.2. The Morgan fingerprint density at radius 2 is 1.05 bits per heavy atom. The molecule has 3 heterocycles. The molecule has 11 aromatic rings. The molecular weight excluding hydrogens is 745 g/mol. The second-order valence-corrected chi connectivity index (χ2v) is 16.7. The van der Waals surface area contributed by atoms with E-state index in [1.807, 2.05) is 24.3 Å². The standard InChI is InChI=1S/C56H38N4O/c1-3-15-35(16-4-1)40-23-14-24-44-43-28-27-38(32-51(43)61-52(40)44)55-58-53(36-17-5-2-6-18-36)57-54(59-55)37-19-13-20-39(31-37)60-49-26-10-8-22-42(49)46-33-45-41-21-7-9-25-47(41)56(29-11-12-30-56)48(45)34-50(46)60/h1-10,13-28,31-34H,11-12,29-30H2. The minimum atomic E-state index is 0.0773. The first-order valence-corrected chi connectivity index (χ1v) is 21.3. The number of nitrogens with zero attached hydrogens (tertiary/aromatic N) is 4. The quantitative estimate of drug-likeness (QED) is 0.174. The minimum absolute atomic E-state index is 0.0773. The van der Waals surface area contributed by atoms with Crippen LogP contribution in [0.3, 0.4) is 0 Å². The van der Waals surface area contributed by atoms with Crippen molar-refractivity contribution in [2.45, 2.75) is 31.1 Å². The van der Waals surface area contributed by atoms with Gasteiger partial charge in [-0.2, -0.15) is 0 Å². The summed E-state index contributed by atoms with van der Waals surface area (Å²) in [4.78, 5) is 15.5. The molecule has 3 aromatic heterocycles. The molecule has 288 valence electrons. The highest BCUT2D eigenvalue weighted by Gasteiger charge is 2.45. The van der Waals surface area contributed by atoms with Crippen LogP contribution in [0.1, 0.15) is 36.8 Å². The zero-order chi connectivity index (χ0) is 40.1. The number of rotatable bonds is 5. The first-order valence-electron chi connectivity index (χ1n) is 21.3. The monoisotopic (exact) mass is 782 g/mol. The number of hydrogen-bond acceptors (Lipinski definition) is 4. The SMILES string of the molecule is c1ccc(-c2nc(-c3cccc(-n4c5ccccc5c5cc6c(cc54)C4(CCCC4)c4ccccc4-6)c3)nc(-c3ccc4c(c3)oc3c(-c5ccccc5)cccc34)n2)cc1. The summed E-state index contributed by atoms with van der Waals surface area (Å²) in [5.74, 6) is 1.83. The average molecular weight is 783 g/mol. The van der Waals surface area contributed by atoms with Gasteiger partial charge in [-0.25, -0.2) is 15.0 Å². The van der Waals surface area contributed by atoms with Gasteiger partial charge in [-0.05, 0) is 83.1 Å². The highest BCUT2D eigenvalue weighted by Crippen LogP contribution is 2.58. The van der Waals surface area contributed by atoms with Crippen molar-refractivity contribution in [1.82, 2.24) is 19.5 Å². The third-order valence-corrected chi connectivity index (χ3v) is 13.4. The summed E-state index contributed by atoms with van der Waals surface area (Å²) in [6.07, 6.45) is 4.91. The average Bonchev–Trinajstić information content (AvgIpc) is 4.11. The predicted molar refractivity (Wildman–Crippen MR) is 248 cm³/mol. The Morgan fingerprint density at radius 1 is 0.410 bits per heavy atom. The molecule has 1 saturated carbocycles. The van der Waals surface area contributed by atoms with E-state index in [4.69, 9.17) is 19.4 Å². The zero-order valence-electron chi connectivity index (χ0n) is 33.3. The topological polar surface area (TPSA) is 56.7 Å². The summed E-state index contributed by atoms with van der Waals surface area (Å²) in [7, 11) is 0. The van der Waals surface area contributed by atoms with Crippen LogP contribution in [0.4, 0.5) is 0 Å². The van der Waals surface area contributed by atoms with Crippen molar-refractivity contribution < 1.29 is 4.42 Å². The van der Waals surface area contributed by atoms with Crippen molar-refractivity contribution in [3.8, 4) is 62.1 Å². The molecule has 0 N–H and O–H groups in total. The number of fused-ring (bicyclic) bond motifs is 11. The van der Waals surface area contributed by atoms with E-state index in [2.05, 4.69) is 162 Å². The summed E-state index contributed by atoms with van der Waals surface area (Å²) in [6.45, 7) is 0. The lowest BCUT2D eigenvalue weighted by Crippen LogP contribution is -2.20. The fourth-order valence-corrected chi connectivity index (χ4v) is 10.6. The van der Waals surface area contributed by atoms with Crippen LogP contribution in [0.2, 0.25) is 0 Å². The van der Waals surface area contributed by atoms with Crippen molar-refractivity contribution in [1.29, 1.82) is 0 Å². The highest BCUT2D eigenvalue weighted by atomic mass is 16.3. The first-order chi connectivity index (χ1) is 30.2. The van der Waals surface area contributed by atoms with E-state index in [0.29, 0.717) is 17.5 Å². The largest absolute Gasteiger partial charge is 0.455 e. The Balaban J connectivity index is 0.976. The van der Waals surface area contributed by atoms with Gasteiger partial charge >= 0.3 is 0 Å². The molecule has 0 amide bonds. The normalized spacial score (nSPS) is 14.1. The molecule has 2 aliphatic carbocycles. The van der Waals surface area contributed by atoms with Crippen LogP contribution in [0, 0.1) is 0 Å². The van der Waals surface area contributed by atoms with Gasteiger partial charge in [-0.15, -0.1) is 0 Å². The Bertz CT molecular complexity index is 3540. The van der Waals surface area contributed by atoms with Crippen molar-refractivity contribution in [3.63, 3.8) is 0 Å². The van der Waals surface area contributed by atoms with Crippen LogP contribution < -0.4 is 0 Å². The smallest absolute Gasteiger partial charge is 0.164 e. The van der Waals surface area contributed by atoms with Gasteiger partial charge in [0.2, 0.25) is 0 Å². The molecule has 0 saturated heterocycles. The molecule has 1 fully saturated rings. The third kappa shape index (κ3) is 5.17. The van der Waals surface area contributed by atoms with E-state index in [9.17, 15) is 0 Å². The molecule has 13 rings (SSSR count). The fourth-order valence-electron chi connectivity index (χ4n) is 10.6. The Kier molecular flexibility index (Phi) is 7.41. The lowest BCUT2D eigenvalue weighted by molar-refractivity contribution is 0.550. The van der Waals surface area contributed by atoms with Crippen LogP contribution in [0.5, 0.6) is 0 Å². The number of benzene rings is 8. The van der Waals surface area contributed by atoms with E-state index < -0.39 is 0 Å². The van der Waals surface area contributed by atoms with E-state index >= 15 is 0 Å². The van der Waals surface area contributed by atoms with Gasteiger partial charge in [0.05, 0.1) is 11.0 Å². The molecule has 0 radical (unpaired) electrons. The molecule has 5 heteroatoms. The maximum atomic E-state index is 6.66. The lowest BCUT2D eigenvalue weighted by Gasteiger charge is -2.26. The van der Waals surface area contributed by atoms with Gasteiger partial charge < -0.3 is 8.98 Å². The highest BCUT2D eigenvalue weighted by molar-refractivity contribution is 6.12. The third-order valence-electron chi connectivity index (χ3n) is 13.4. The van der Waals surface area contributed by atoms with E-state index in [1.54, 1.807) is 0 Å². The lowest BCUT2D eigenvalue weighted by atomic mass is 9.76. The predicted octanol–water partition coefficient (Wildman–Crippen LogP) is 14.4. The number of aromatic nitrogens is 4. The molecule has 0 aliphatic heterocycles. The van der Waals surface area contributed by atoms with Crippen molar-refractivity contribution >= 4 is 43.7 Å². The first kappa shape index (κ1) is 34.3. The molecule has 1 spiro atoms. The molecule has 2 aliphatic rings. The van der Waals surface area contributed by atoms with Crippen LogP contribution in [-0.2, 0) is 5.41 Å². The van der Waals surface area contributed by atoms with Gasteiger partial charge in [0, 0.05) is 54.9 Å². The zero-order valence-corrected chi connectivity index (χ0v) is 33.3. The molecule has 61 heavy (non-hydrogen) atoms. The summed E-state index contributed by atoms with van der Waals surface area (Å²) >= 11 is 0. The van der Waals surface area contributed by atoms with Gasteiger partial charge in [0.1, 0.15) is 11.2 Å². The van der Waals surface area contributed by atoms with E-state index in [0.717, 1.165) is 55.4 Å².